The molecule has 0 unspecified atom stereocenters. The molecule has 0 atom stereocenters. The lowest BCUT2D eigenvalue weighted by Crippen LogP contribution is -2.06. The lowest BCUT2D eigenvalue weighted by molar-refractivity contribution is 0.749. The summed E-state index contributed by atoms with van der Waals surface area (Å²) in [7, 11) is 0. The molecule has 5 heteroatoms. The molecular weight excluding hydrogens is 272 g/mol. The van der Waals surface area contributed by atoms with Crippen molar-refractivity contribution in [3.8, 4) is 0 Å². The molecule has 0 saturated heterocycles. The molecule has 0 bridgehead atoms. The highest BCUT2D eigenvalue weighted by atomic mass is 35.5. The summed E-state index contributed by atoms with van der Waals surface area (Å²) in [4.78, 5) is 13.2. The molecule has 2 heterocycles. The van der Waals surface area contributed by atoms with Crippen LogP contribution in [0.15, 0.2) is 30.5 Å². The third-order valence-corrected chi connectivity index (χ3v) is 3.50. The molecule has 0 saturated carbocycles. The maximum atomic E-state index is 6.02. The van der Waals surface area contributed by atoms with Gasteiger partial charge in [0.1, 0.15) is 11.6 Å². The van der Waals surface area contributed by atoms with Crippen LogP contribution in [0.25, 0.3) is 11.0 Å². The van der Waals surface area contributed by atoms with Gasteiger partial charge in [0.2, 0.25) is 0 Å². The van der Waals surface area contributed by atoms with E-state index in [1.165, 1.54) is 5.56 Å². The summed E-state index contributed by atoms with van der Waals surface area (Å²) in [6.07, 6.45) is 1.78. The Morgan fingerprint density at radius 1 is 1.15 bits per heavy atom. The summed E-state index contributed by atoms with van der Waals surface area (Å²) in [6.45, 7) is 4.61. The highest BCUT2D eigenvalue weighted by Crippen LogP contribution is 2.20. The molecule has 0 aliphatic rings. The van der Waals surface area contributed by atoms with Gasteiger partial charge in [0.05, 0.1) is 29.2 Å². The molecule has 102 valence electrons. The van der Waals surface area contributed by atoms with E-state index in [0.29, 0.717) is 12.4 Å². The summed E-state index contributed by atoms with van der Waals surface area (Å²) >= 11 is 6.02. The zero-order valence-corrected chi connectivity index (χ0v) is 12.2. The number of hydrogen-bond donors (Lipinski definition) is 0. The molecule has 0 spiro atoms. The average Bonchev–Trinajstić information content (AvgIpc) is 2.76. The maximum Gasteiger partial charge on any atom is 0.125 e. The Morgan fingerprint density at radius 3 is 2.75 bits per heavy atom. The molecule has 3 rings (SSSR count). The number of fused-ring (bicyclic) bond motifs is 1. The van der Waals surface area contributed by atoms with E-state index < -0.39 is 0 Å². The van der Waals surface area contributed by atoms with Gasteiger partial charge in [-0.15, -0.1) is 11.6 Å². The minimum atomic E-state index is 0.387. The van der Waals surface area contributed by atoms with Crippen molar-refractivity contribution in [1.29, 1.82) is 0 Å². The first-order valence-electron chi connectivity index (χ1n) is 6.47. The van der Waals surface area contributed by atoms with Gasteiger partial charge in [-0.3, -0.25) is 0 Å². The Morgan fingerprint density at radius 2 is 2.00 bits per heavy atom. The number of rotatable bonds is 3. The van der Waals surface area contributed by atoms with E-state index in [-0.39, 0.29) is 0 Å². The number of aryl methyl sites for hydroxylation is 2. The Hall–Kier alpha value is -1.94. The van der Waals surface area contributed by atoms with Gasteiger partial charge in [-0.1, -0.05) is 6.07 Å². The number of aromatic nitrogens is 4. The number of halogens is 1. The van der Waals surface area contributed by atoms with Crippen molar-refractivity contribution in [2.75, 3.05) is 0 Å². The first kappa shape index (κ1) is 13.1. The fourth-order valence-electron chi connectivity index (χ4n) is 2.32. The summed E-state index contributed by atoms with van der Waals surface area (Å²) < 4.78 is 2.11. The quantitative estimate of drug-likeness (QED) is 0.694. The zero-order valence-electron chi connectivity index (χ0n) is 11.5. The van der Waals surface area contributed by atoms with Crippen molar-refractivity contribution in [2.24, 2.45) is 0 Å². The van der Waals surface area contributed by atoms with E-state index in [1.807, 2.05) is 13.0 Å². The predicted molar refractivity (Wildman–Crippen MR) is 79.9 cm³/mol. The highest BCUT2D eigenvalue weighted by molar-refractivity contribution is 6.16. The van der Waals surface area contributed by atoms with Crippen LogP contribution < -0.4 is 0 Å². The Kier molecular flexibility index (Phi) is 3.40. The largest absolute Gasteiger partial charge is 0.321 e. The summed E-state index contributed by atoms with van der Waals surface area (Å²) in [6, 6.07) is 8.17. The van der Waals surface area contributed by atoms with Gasteiger partial charge in [0, 0.05) is 6.20 Å². The molecule has 1 aromatic carbocycles. The lowest BCUT2D eigenvalue weighted by Gasteiger charge is -2.07. The van der Waals surface area contributed by atoms with Gasteiger partial charge >= 0.3 is 0 Å². The van der Waals surface area contributed by atoms with Gasteiger partial charge in [0.25, 0.3) is 0 Å². The second-order valence-electron chi connectivity index (χ2n) is 4.84. The van der Waals surface area contributed by atoms with Crippen LogP contribution in [0.2, 0.25) is 0 Å². The topological polar surface area (TPSA) is 43.6 Å². The van der Waals surface area contributed by atoms with Crippen LogP contribution in [-0.2, 0) is 12.4 Å². The fourth-order valence-corrected chi connectivity index (χ4v) is 2.53. The van der Waals surface area contributed by atoms with Crippen LogP contribution in [0.4, 0.5) is 0 Å². The second-order valence-corrected chi connectivity index (χ2v) is 5.10. The van der Waals surface area contributed by atoms with Crippen LogP contribution in [0.1, 0.15) is 22.9 Å². The highest BCUT2D eigenvalue weighted by Gasteiger charge is 2.11. The number of hydrogen-bond acceptors (Lipinski definition) is 3. The van der Waals surface area contributed by atoms with E-state index >= 15 is 0 Å². The number of nitrogens with zero attached hydrogens (tertiary/aromatic N) is 4. The molecule has 4 nitrogen and oxygen atoms in total. The first-order chi connectivity index (χ1) is 9.67. The summed E-state index contributed by atoms with van der Waals surface area (Å²) in [5.41, 5.74) is 4.22. The van der Waals surface area contributed by atoms with Gasteiger partial charge in [-0.25, -0.2) is 15.0 Å². The van der Waals surface area contributed by atoms with Crippen LogP contribution in [-0.4, -0.2) is 19.5 Å². The monoisotopic (exact) mass is 286 g/mol. The van der Waals surface area contributed by atoms with E-state index in [1.54, 1.807) is 6.20 Å². The second kappa shape index (κ2) is 5.21. The van der Waals surface area contributed by atoms with E-state index in [4.69, 9.17) is 11.6 Å². The Balaban J connectivity index is 2.10. The van der Waals surface area contributed by atoms with E-state index in [0.717, 1.165) is 28.4 Å². The average molecular weight is 287 g/mol. The minimum absolute atomic E-state index is 0.387. The van der Waals surface area contributed by atoms with Crippen molar-refractivity contribution in [1.82, 2.24) is 19.5 Å². The molecule has 0 N–H and O–H groups in total. The third kappa shape index (κ3) is 2.39. The van der Waals surface area contributed by atoms with Crippen molar-refractivity contribution < 1.29 is 0 Å². The van der Waals surface area contributed by atoms with E-state index in [9.17, 15) is 0 Å². The number of benzene rings is 1. The summed E-state index contributed by atoms with van der Waals surface area (Å²) in [5.74, 6) is 2.02. The molecule has 0 amide bonds. The zero-order chi connectivity index (χ0) is 14.1. The minimum Gasteiger partial charge on any atom is -0.321 e. The smallest absolute Gasteiger partial charge is 0.125 e. The molecule has 0 aliphatic heterocycles. The molecule has 20 heavy (non-hydrogen) atoms. The normalized spacial score (nSPS) is 11.2. The molecular formula is C15H15ClN4. The van der Waals surface area contributed by atoms with Crippen molar-refractivity contribution >= 4 is 22.6 Å². The first-order valence-corrected chi connectivity index (χ1v) is 7.01. The van der Waals surface area contributed by atoms with Gasteiger partial charge in [-0.2, -0.15) is 0 Å². The van der Waals surface area contributed by atoms with Crippen molar-refractivity contribution in [3.63, 3.8) is 0 Å². The number of alkyl halides is 1. The molecule has 0 aliphatic carbocycles. The lowest BCUT2D eigenvalue weighted by atomic mass is 10.2. The van der Waals surface area contributed by atoms with Crippen LogP contribution >= 0.6 is 11.6 Å². The number of imidazole rings is 1. The van der Waals surface area contributed by atoms with Crippen LogP contribution in [0, 0.1) is 13.8 Å². The molecule has 2 aromatic heterocycles. The fraction of sp³-hybridized carbons (Fsp3) is 0.267. The third-order valence-electron chi connectivity index (χ3n) is 3.26. The summed E-state index contributed by atoms with van der Waals surface area (Å²) in [5, 5.41) is 0. The molecule has 3 aromatic rings. The molecule has 0 fully saturated rings. The van der Waals surface area contributed by atoms with Gasteiger partial charge in [0.15, 0.2) is 0 Å². The van der Waals surface area contributed by atoms with Crippen molar-refractivity contribution in [3.05, 3.63) is 53.4 Å². The predicted octanol–water partition coefficient (Wildman–Crippen LogP) is 3.23. The maximum absolute atomic E-state index is 6.02. The Bertz CT molecular complexity index is 764. The standard InChI is InChI=1S/C15H15ClN4/c1-10-3-4-14-13(7-10)19-15(8-16)20(14)9-12-5-6-17-11(2)18-12/h3-7H,8-9H2,1-2H3. The van der Waals surface area contributed by atoms with Gasteiger partial charge in [-0.05, 0) is 37.6 Å². The molecule has 0 radical (unpaired) electrons. The van der Waals surface area contributed by atoms with Crippen LogP contribution in [0.5, 0.6) is 0 Å². The van der Waals surface area contributed by atoms with Crippen molar-refractivity contribution in [2.45, 2.75) is 26.3 Å². The van der Waals surface area contributed by atoms with Gasteiger partial charge < -0.3 is 4.57 Å². The SMILES string of the molecule is Cc1ccc2c(c1)nc(CCl)n2Cc1ccnc(C)n1. The Labute approximate surface area is 122 Å². The van der Waals surface area contributed by atoms with Crippen LogP contribution in [0.3, 0.4) is 0 Å². The van der Waals surface area contributed by atoms with E-state index in [2.05, 4.69) is 44.6 Å².